The number of hydrogen-bond donors (Lipinski definition) is 3. The molecule has 0 saturated heterocycles. The number of sulfonamides is 1. The molecule has 0 radical (unpaired) electrons. The number of hydrogen-bond acceptors (Lipinski definition) is 9. The Balaban J connectivity index is 2.37. The minimum Gasteiger partial charge on any atom is -0.310 e. The second-order valence-corrected chi connectivity index (χ2v) is 6.34. The molecule has 0 spiro atoms. The van der Waals surface area contributed by atoms with Gasteiger partial charge in [-0.05, 0) is 0 Å². The highest BCUT2D eigenvalue weighted by Crippen LogP contribution is 2.36. The van der Waals surface area contributed by atoms with Gasteiger partial charge < -0.3 is 5.43 Å². The Morgan fingerprint density at radius 2 is 2.15 bits per heavy atom. The van der Waals surface area contributed by atoms with E-state index in [1.54, 1.807) is 0 Å². The normalized spacial score (nSPS) is 11.1. The van der Waals surface area contributed by atoms with E-state index in [0.717, 1.165) is 6.07 Å². The number of rotatable bonds is 5. The van der Waals surface area contributed by atoms with Crippen LogP contribution in [0.5, 0.6) is 0 Å². The summed E-state index contributed by atoms with van der Waals surface area (Å²) in [6, 6.07) is 0.915. The van der Waals surface area contributed by atoms with Crippen molar-refractivity contribution in [3.05, 3.63) is 34.8 Å². The van der Waals surface area contributed by atoms with E-state index < -0.39 is 20.6 Å². The van der Waals surface area contributed by atoms with Gasteiger partial charge in [0.15, 0.2) is 10.8 Å². The molecule has 0 saturated carbocycles. The molecule has 0 aliphatic rings. The Morgan fingerprint density at radius 1 is 1.40 bits per heavy atom. The number of aromatic nitrogens is 2. The minimum atomic E-state index is -3.99. The smallest absolute Gasteiger partial charge is 0.306 e. The number of thiophene rings is 1. The summed E-state index contributed by atoms with van der Waals surface area (Å²) in [5.41, 5.74) is 1.67. The number of nitro groups is 1. The molecule has 106 valence electrons. The number of nitrogens with one attached hydrogen (secondary N) is 2. The molecule has 4 N–H and O–H groups in total. The first-order valence-electron chi connectivity index (χ1n) is 4.97. The van der Waals surface area contributed by atoms with Crippen molar-refractivity contribution < 1.29 is 13.3 Å². The van der Waals surface area contributed by atoms with Gasteiger partial charge in [0.25, 0.3) is 10.0 Å². The van der Waals surface area contributed by atoms with Crippen molar-refractivity contribution in [1.82, 2.24) is 9.97 Å². The molecule has 0 atom stereocenters. The summed E-state index contributed by atoms with van der Waals surface area (Å²) in [6.07, 6.45) is 3.90. The molecule has 0 aliphatic carbocycles. The first-order chi connectivity index (χ1) is 9.44. The van der Waals surface area contributed by atoms with Gasteiger partial charge in [-0.2, -0.15) is 0 Å². The van der Waals surface area contributed by atoms with Crippen LogP contribution in [0.3, 0.4) is 0 Å². The molecule has 2 heterocycles. The van der Waals surface area contributed by atoms with Gasteiger partial charge in [-0.15, -0.1) is 0 Å². The molecule has 20 heavy (non-hydrogen) atoms. The maximum Gasteiger partial charge on any atom is 0.306 e. The summed E-state index contributed by atoms with van der Waals surface area (Å²) in [6.45, 7) is 0. The van der Waals surface area contributed by atoms with E-state index in [1.807, 2.05) is 0 Å². The van der Waals surface area contributed by atoms with E-state index in [1.165, 1.54) is 18.6 Å². The SMILES string of the molecule is NNc1sc(S(=O)(=O)Nc2cnccn2)cc1[N+](=O)[O-]. The van der Waals surface area contributed by atoms with Crippen molar-refractivity contribution in [2.45, 2.75) is 4.21 Å². The molecule has 2 aromatic heterocycles. The van der Waals surface area contributed by atoms with Crippen molar-refractivity contribution in [3.63, 3.8) is 0 Å². The zero-order valence-electron chi connectivity index (χ0n) is 9.68. The molecule has 10 nitrogen and oxygen atoms in total. The molecule has 0 amide bonds. The Morgan fingerprint density at radius 3 is 2.65 bits per heavy atom. The van der Waals surface area contributed by atoms with Crippen LogP contribution in [0.4, 0.5) is 16.5 Å². The first-order valence-corrected chi connectivity index (χ1v) is 7.27. The number of nitrogens with zero attached hydrogens (tertiary/aromatic N) is 3. The Labute approximate surface area is 116 Å². The maximum atomic E-state index is 12.0. The lowest BCUT2D eigenvalue weighted by Gasteiger charge is -2.03. The third-order valence-electron chi connectivity index (χ3n) is 2.08. The zero-order chi connectivity index (χ0) is 14.8. The van der Waals surface area contributed by atoms with Gasteiger partial charge in [0.05, 0.1) is 11.1 Å². The third kappa shape index (κ3) is 2.81. The molecule has 0 fully saturated rings. The summed E-state index contributed by atoms with van der Waals surface area (Å²) < 4.78 is 26.0. The topological polar surface area (TPSA) is 153 Å². The predicted octanol–water partition coefficient (Wildman–Crippen LogP) is 0.533. The van der Waals surface area contributed by atoms with Gasteiger partial charge in [-0.1, -0.05) is 11.3 Å². The van der Waals surface area contributed by atoms with Crippen LogP contribution in [0.25, 0.3) is 0 Å². The van der Waals surface area contributed by atoms with Crippen LogP contribution in [0.1, 0.15) is 0 Å². The molecular weight excluding hydrogens is 308 g/mol. The fourth-order valence-corrected chi connectivity index (χ4v) is 3.50. The van der Waals surface area contributed by atoms with E-state index in [9.17, 15) is 18.5 Å². The summed E-state index contributed by atoms with van der Waals surface area (Å²) in [5.74, 6) is 5.12. The van der Waals surface area contributed by atoms with Crippen LogP contribution >= 0.6 is 11.3 Å². The molecule has 0 bridgehead atoms. The molecule has 0 aliphatic heterocycles. The molecule has 12 heteroatoms. The molecule has 0 aromatic carbocycles. The Kier molecular flexibility index (Phi) is 3.78. The fraction of sp³-hybridized carbons (Fsp3) is 0. The predicted molar refractivity (Wildman–Crippen MR) is 71.6 cm³/mol. The van der Waals surface area contributed by atoms with E-state index in [0.29, 0.717) is 11.3 Å². The number of nitrogens with two attached hydrogens (primary N) is 1. The first kappa shape index (κ1) is 14.1. The highest BCUT2D eigenvalue weighted by Gasteiger charge is 2.26. The fourth-order valence-electron chi connectivity index (χ4n) is 1.27. The lowest BCUT2D eigenvalue weighted by atomic mass is 10.5. The highest BCUT2D eigenvalue weighted by molar-refractivity contribution is 7.94. The van der Waals surface area contributed by atoms with Gasteiger partial charge in [0.2, 0.25) is 0 Å². The van der Waals surface area contributed by atoms with Crippen LogP contribution in [0.2, 0.25) is 0 Å². The number of hydrazine groups is 1. The average molecular weight is 316 g/mol. The minimum absolute atomic E-state index is 0.00538. The molecule has 2 rings (SSSR count). The third-order valence-corrected chi connectivity index (χ3v) is 4.97. The maximum absolute atomic E-state index is 12.0. The van der Waals surface area contributed by atoms with Crippen LogP contribution in [-0.2, 0) is 10.0 Å². The van der Waals surface area contributed by atoms with Crippen molar-refractivity contribution in [1.29, 1.82) is 0 Å². The Hall–Kier alpha value is -2.31. The van der Waals surface area contributed by atoms with E-state index in [-0.39, 0.29) is 15.0 Å². The molecular formula is C8H8N6O4S2. The second-order valence-electron chi connectivity index (χ2n) is 3.38. The van der Waals surface area contributed by atoms with Crippen molar-refractivity contribution in [2.24, 2.45) is 5.84 Å². The largest absolute Gasteiger partial charge is 0.310 e. The van der Waals surface area contributed by atoms with Gasteiger partial charge in [0, 0.05) is 18.5 Å². The van der Waals surface area contributed by atoms with Gasteiger partial charge >= 0.3 is 5.69 Å². The van der Waals surface area contributed by atoms with Crippen molar-refractivity contribution in [2.75, 3.05) is 10.1 Å². The van der Waals surface area contributed by atoms with Crippen LogP contribution < -0.4 is 16.0 Å². The monoisotopic (exact) mass is 316 g/mol. The quantitative estimate of drug-likeness (QED) is 0.410. The summed E-state index contributed by atoms with van der Waals surface area (Å²) in [5, 5.41) is 10.7. The summed E-state index contributed by atoms with van der Waals surface area (Å²) in [7, 11) is -3.99. The number of anilines is 2. The zero-order valence-corrected chi connectivity index (χ0v) is 11.3. The van der Waals surface area contributed by atoms with Crippen molar-refractivity contribution >= 4 is 37.9 Å². The van der Waals surface area contributed by atoms with Gasteiger partial charge in [0.1, 0.15) is 4.21 Å². The summed E-state index contributed by atoms with van der Waals surface area (Å²) in [4.78, 5) is 17.5. The summed E-state index contributed by atoms with van der Waals surface area (Å²) >= 11 is 0.638. The van der Waals surface area contributed by atoms with E-state index in [2.05, 4.69) is 20.1 Å². The van der Waals surface area contributed by atoms with Crippen LogP contribution in [0, 0.1) is 10.1 Å². The van der Waals surface area contributed by atoms with E-state index >= 15 is 0 Å². The lowest BCUT2D eigenvalue weighted by Crippen LogP contribution is -2.12. The molecule has 2 aromatic rings. The lowest BCUT2D eigenvalue weighted by molar-refractivity contribution is -0.383. The second kappa shape index (κ2) is 5.36. The van der Waals surface area contributed by atoms with Crippen LogP contribution in [0.15, 0.2) is 28.9 Å². The molecule has 0 unspecified atom stereocenters. The number of nitrogen functional groups attached to an aromatic ring is 1. The average Bonchev–Trinajstić information content (AvgIpc) is 2.84. The van der Waals surface area contributed by atoms with Crippen molar-refractivity contribution in [3.8, 4) is 0 Å². The van der Waals surface area contributed by atoms with E-state index in [4.69, 9.17) is 5.84 Å². The standard InChI is InChI=1S/C8H8N6O4S2/c9-12-8-5(14(15)16)3-7(19-8)20(17,18)13-6-4-10-1-2-11-6/h1-4,12H,9H2,(H,11,13). The van der Waals surface area contributed by atoms with Crippen LogP contribution in [-0.4, -0.2) is 23.3 Å². The van der Waals surface area contributed by atoms with Gasteiger partial charge in [-0.3, -0.25) is 19.8 Å². The highest BCUT2D eigenvalue weighted by atomic mass is 32.2. The Bertz CT molecular complexity index is 729. The van der Waals surface area contributed by atoms with Gasteiger partial charge in [-0.25, -0.2) is 19.2 Å².